The number of aliphatic carboxylic acids is 1. The molecule has 4 rings (SSSR count). The van der Waals surface area contributed by atoms with E-state index in [4.69, 9.17) is 28.6 Å². The number of thioether (sulfide) groups is 1. The van der Waals surface area contributed by atoms with Gasteiger partial charge in [-0.1, -0.05) is 74.0 Å². The van der Waals surface area contributed by atoms with E-state index >= 15 is 0 Å². The summed E-state index contributed by atoms with van der Waals surface area (Å²) >= 11 is 12.8. The van der Waals surface area contributed by atoms with Gasteiger partial charge in [-0.15, -0.1) is 0 Å². The second kappa shape index (κ2) is 10.9. The van der Waals surface area contributed by atoms with Gasteiger partial charge >= 0.3 is 5.97 Å². The number of rotatable bonds is 8. The Bertz CT molecular complexity index is 1400. The number of hydrogen-bond acceptors (Lipinski definition) is 6. The maximum atomic E-state index is 13.9. The lowest BCUT2D eigenvalue weighted by Gasteiger charge is -2.27. The fraction of sp³-hybridized carbons (Fsp3) is 0.231. The molecule has 1 aliphatic rings. The van der Waals surface area contributed by atoms with Crippen LogP contribution in [0.15, 0.2) is 53.4 Å². The summed E-state index contributed by atoms with van der Waals surface area (Å²) in [6.45, 7) is 3.70. The number of carboxylic acids is 1. The minimum atomic E-state index is -1.10. The molecule has 1 unspecified atom stereocenters. The van der Waals surface area contributed by atoms with Gasteiger partial charge in [-0.05, 0) is 42.3 Å². The van der Waals surface area contributed by atoms with Crippen LogP contribution in [0.3, 0.4) is 0 Å². The number of benzene rings is 2. The molecule has 0 aliphatic carbocycles. The van der Waals surface area contributed by atoms with Crippen LogP contribution in [0.4, 0.5) is 4.39 Å². The fourth-order valence-electron chi connectivity index (χ4n) is 3.81. The summed E-state index contributed by atoms with van der Waals surface area (Å²) in [7, 11) is 0. The first-order chi connectivity index (χ1) is 17.2. The summed E-state index contributed by atoms with van der Waals surface area (Å²) < 4.78 is 19.8. The molecule has 0 saturated carbocycles. The zero-order valence-corrected chi connectivity index (χ0v) is 21.8. The molecule has 0 spiro atoms. The number of ether oxygens (including phenoxy) is 1. The molecule has 1 aromatic heterocycles. The van der Waals surface area contributed by atoms with Gasteiger partial charge in [0.15, 0.2) is 0 Å². The Balaban J connectivity index is 1.62. The van der Waals surface area contributed by atoms with Crippen molar-refractivity contribution in [2.24, 2.45) is 5.92 Å². The summed E-state index contributed by atoms with van der Waals surface area (Å²) in [5.74, 6) is -1.68. The smallest absolute Gasteiger partial charge is 0.327 e. The lowest BCUT2D eigenvalue weighted by molar-refractivity contribution is -0.147. The minimum absolute atomic E-state index is 0.0649. The lowest BCUT2D eigenvalue weighted by Crippen LogP contribution is -2.47. The van der Waals surface area contributed by atoms with Crippen LogP contribution in [0.25, 0.3) is 17.0 Å². The monoisotopic (exact) mass is 544 g/mol. The standard InChI is InChI=1S/C26H22ClFN2O4S2/c1-3-14(2)22(25(32)33)30-24(31)21(36-26(30)35)12-17-10-16-11-18(8-9-20(16)29-23(17)27)34-13-15-6-4-5-7-19(15)28/h4-12,14,22H,3,13H2,1-2H3,(H,32,33)/b21-12-/t14?,22-/m0/s1. The van der Waals surface area contributed by atoms with Gasteiger partial charge in [0.1, 0.15) is 33.7 Å². The number of carbonyl (C=O) groups excluding carboxylic acids is 1. The Hall–Kier alpha value is -3.01. The molecule has 1 N–H and O–H groups in total. The largest absolute Gasteiger partial charge is 0.489 e. The molecular weight excluding hydrogens is 523 g/mol. The van der Waals surface area contributed by atoms with Crippen molar-refractivity contribution in [1.29, 1.82) is 0 Å². The highest BCUT2D eigenvalue weighted by Gasteiger charge is 2.42. The maximum Gasteiger partial charge on any atom is 0.327 e. The molecular formula is C26H22ClFN2O4S2. The molecule has 2 atom stereocenters. The number of amides is 1. The highest BCUT2D eigenvalue weighted by Crippen LogP contribution is 2.37. The number of aromatic nitrogens is 1. The Morgan fingerprint density at radius 3 is 2.75 bits per heavy atom. The van der Waals surface area contributed by atoms with Gasteiger partial charge in [-0.2, -0.15) is 0 Å². The van der Waals surface area contributed by atoms with Crippen LogP contribution in [0.5, 0.6) is 5.75 Å². The van der Waals surface area contributed by atoms with Crippen LogP contribution in [0.2, 0.25) is 5.15 Å². The second-order valence-electron chi connectivity index (χ2n) is 8.32. The molecule has 3 aromatic rings. The molecule has 36 heavy (non-hydrogen) atoms. The van der Waals surface area contributed by atoms with Gasteiger partial charge in [0, 0.05) is 16.5 Å². The maximum absolute atomic E-state index is 13.9. The number of carboxylic acid groups (broad SMARTS) is 1. The molecule has 1 fully saturated rings. The lowest BCUT2D eigenvalue weighted by atomic mass is 9.98. The van der Waals surface area contributed by atoms with E-state index in [1.54, 1.807) is 55.5 Å². The van der Waals surface area contributed by atoms with Gasteiger partial charge in [0.25, 0.3) is 5.91 Å². The fourth-order valence-corrected chi connectivity index (χ4v) is 5.33. The first kappa shape index (κ1) is 26.1. The molecule has 186 valence electrons. The first-order valence-electron chi connectivity index (χ1n) is 11.2. The molecule has 0 radical (unpaired) electrons. The molecule has 0 bridgehead atoms. The summed E-state index contributed by atoms with van der Waals surface area (Å²) in [5, 5.41) is 10.6. The third kappa shape index (κ3) is 5.38. The average molecular weight is 545 g/mol. The van der Waals surface area contributed by atoms with Crippen LogP contribution < -0.4 is 4.74 Å². The highest BCUT2D eigenvalue weighted by molar-refractivity contribution is 8.26. The van der Waals surface area contributed by atoms with Crippen molar-refractivity contribution < 1.29 is 23.8 Å². The Kier molecular flexibility index (Phi) is 7.92. The van der Waals surface area contributed by atoms with Crippen molar-refractivity contribution in [3.05, 3.63) is 75.5 Å². The van der Waals surface area contributed by atoms with E-state index in [1.165, 1.54) is 11.0 Å². The number of fused-ring (bicyclic) bond motifs is 1. The first-order valence-corrected chi connectivity index (χ1v) is 12.8. The van der Waals surface area contributed by atoms with Gasteiger partial charge in [0.05, 0.1) is 10.4 Å². The number of thiocarbonyl (C=S) groups is 1. The predicted octanol–water partition coefficient (Wildman–Crippen LogP) is 6.31. The molecule has 2 aromatic carbocycles. The van der Waals surface area contributed by atoms with Crippen LogP contribution in [0.1, 0.15) is 31.4 Å². The number of carbonyl (C=O) groups is 2. The van der Waals surface area contributed by atoms with Crippen molar-refractivity contribution in [1.82, 2.24) is 9.88 Å². The number of nitrogens with zero attached hydrogens (tertiary/aromatic N) is 2. The predicted molar refractivity (Wildman–Crippen MR) is 143 cm³/mol. The van der Waals surface area contributed by atoms with E-state index in [-0.39, 0.29) is 32.7 Å². The highest BCUT2D eigenvalue weighted by atomic mass is 35.5. The summed E-state index contributed by atoms with van der Waals surface area (Å²) in [4.78, 5) is 30.9. The van der Waals surface area contributed by atoms with Crippen molar-refractivity contribution in [3.63, 3.8) is 0 Å². The third-order valence-electron chi connectivity index (χ3n) is 5.94. The van der Waals surface area contributed by atoms with Gasteiger partial charge < -0.3 is 9.84 Å². The van der Waals surface area contributed by atoms with Gasteiger partial charge in [0.2, 0.25) is 0 Å². The molecule has 1 amide bonds. The van der Waals surface area contributed by atoms with Crippen LogP contribution >= 0.6 is 35.6 Å². The quantitative estimate of drug-likeness (QED) is 0.202. The van der Waals surface area contributed by atoms with Gasteiger partial charge in [-0.25, -0.2) is 14.2 Å². The number of pyridine rings is 1. The minimum Gasteiger partial charge on any atom is -0.489 e. The Morgan fingerprint density at radius 2 is 2.06 bits per heavy atom. The topological polar surface area (TPSA) is 79.7 Å². The van der Waals surface area contributed by atoms with E-state index in [2.05, 4.69) is 4.98 Å². The summed E-state index contributed by atoms with van der Waals surface area (Å²) in [6.07, 6.45) is 2.14. The SMILES string of the molecule is CCC(C)[C@@H](C(=O)O)N1C(=O)/C(=C/c2cc3cc(OCc4ccccc4F)ccc3nc2Cl)SC1=S. The van der Waals surface area contributed by atoms with Crippen LogP contribution in [-0.4, -0.2) is 37.2 Å². The van der Waals surface area contributed by atoms with E-state index in [9.17, 15) is 19.1 Å². The molecule has 6 nitrogen and oxygen atoms in total. The Morgan fingerprint density at radius 1 is 1.31 bits per heavy atom. The molecule has 2 heterocycles. The van der Waals surface area contributed by atoms with E-state index in [1.807, 2.05) is 6.92 Å². The van der Waals surface area contributed by atoms with Crippen molar-refractivity contribution >= 4 is 68.8 Å². The molecule has 1 saturated heterocycles. The zero-order valence-electron chi connectivity index (χ0n) is 19.4. The Labute approximate surface area is 222 Å². The van der Waals surface area contributed by atoms with Crippen molar-refractivity contribution in [2.75, 3.05) is 0 Å². The van der Waals surface area contributed by atoms with Crippen molar-refractivity contribution in [2.45, 2.75) is 32.9 Å². The third-order valence-corrected chi connectivity index (χ3v) is 7.58. The number of halogens is 2. The zero-order chi connectivity index (χ0) is 26.0. The molecule has 10 heteroatoms. The summed E-state index contributed by atoms with van der Waals surface area (Å²) in [6, 6.07) is 12.3. The summed E-state index contributed by atoms with van der Waals surface area (Å²) in [5.41, 5.74) is 1.53. The normalized spacial score (nSPS) is 16.6. The van der Waals surface area contributed by atoms with Crippen LogP contribution in [-0.2, 0) is 16.2 Å². The van der Waals surface area contributed by atoms with Crippen LogP contribution in [0, 0.1) is 11.7 Å². The van der Waals surface area contributed by atoms with E-state index < -0.39 is 17.9 Å². The van der Waals surface area contributed by atoms with Gasteiger partial charge in [-0.3, -0.25) is 9.69 Å². The second-order valence-corrected chi connectivity index (χ2v) is 10.4. The molecule has 1 aliphatic heterocycles. The number of hydrogen-bond donors (Lipinski definition) is 1. The van der Waals surface area contributed by atoms with E-state index in [0.29, 0.717) is 34.2 Å². The van der Waals surface area contributed by atoms with Crippen molar-refractivity contribution in [3.8, 4) is 5.75 Å². The van der Waals surface area contributed by atoms with E-state index in [0.717, 1.165) is 11.8 Å². The average Bonchev–Trinajstić information content (AvgIpc) is 3.11.